The van der Waals surface area contributed by atoms with Crippen molar-refractivity contribution in [2.75, 3.05) is 6.54 Å². The molecule has 0 aliphatic heterocycles. The van der Waals surface area contributed by atoms with Gasteiger partial charge in [-0.3, -0.25) is 0 Å². The second-order valence-electron chi connectivity index (χ2n) is 3.39. The summed E-state index contributed by atoms with van der Waals surface area (Å²) in [7, 11) is 0. The maximum absolute atomic E-state index is 5.82. The van der Waals surface area contributed by atoms with Gasteiger partial charge in [-0.05, 0) is 6.07 Å². The van der Waals surface area contributed by atoms with Gasteiger partial charge in [0.1, 0.15) is 0 Å². The van der Waals surface area contributed by atoms with Crippen LogP contribution in [0.25, 0.3) is 0 Å². The first kappa shape index (κ1) is 11.6. The second-order valence-corrected chi connectivity index (χ2v) is 4.82. The topological polar surface area (TPSA) is 51.0 Å². The molecule has 1 N–H and O–H groups in total. The molecule has 0 aliphatic carbocycles. The molecule has 0 spiro atoms. The summed E-state index contributed by atoms with van der Waals surface area (Å²) in [5, 5.41) is 9.86. The van der Waals surface area contributed by atoms with Gasteiger partial charge in [0, 0.05) is 36.7 Å². The van der Waals surface area contributed by atoms with E-state index in [9.17, 15) is 0 Å². The van der Waals surface area contributed by atoms with Crippen LogP contribution < -0.4 is 5.32 Å². The van der Waals surface area contributed by atoms with Crippen LogP contribution in [0.1, 0.15) is 16.6 Å². The molecule has 2 aromatic rings. The van der Waals surface area contributed by atoms with Crippen molar-refractivity contribution >= 4 is 22.9 Å². The summed E-state index contributed by atoms with van der Waals surface area (Å²) in [5.41, 5.74) is 0. The van der Waals surface area contributed by atoms with E-state index in [1.165, 1.54) is 4.88 Å². The number of halogens is 1. The minimum absolute atomic E-state index is 0.611. The normalized spacial score (nSPS) is 10.9. The Labute approximate surface area is 103 Å². The van der Waals surface area contributed by atoms with Crippen LogP contribution in [0, 0.1) is 6.92 Å². The molecular weight excluding hydrogens is 246 g/mol. The monoisotopic (exact) mass is 257 g/mol. The molecule has 0 atom stereocenters. The predicted molar refractivity (Wildman–Crippen MR) is 63.8 cm³/mol. The van der Waals surface area contributed by atoms with Gasteiger partial charge in [-0.25, -0.2) is 0 Å². The minimum Gasteiger partial charge on any atom is -0.340 e. The van der Waals surface area contributed by atoms with Gasteiger partial charge in [0.2, 0.25) is 5.89 Å². The molecule has 6 heteroatoms. The van der Waals surface area contributed by atoms with Crippen LogP contribution in [-0.4, -0.2) is 16.7 Å². The van der Waals surface area contributed by atoms with Crippen LogP contribution in [0.15, 0.2) is 16.0 Å². The predicted octanol–water partition coefficient (Wildman–Crippen LogP) is 2.43. The summed E-state index contributed by atoms with van der Waals surface area (Å²) in [4.78, 5) is 5.35. The van der Waals surface area contributed by atoms with E-state index in [-0.39, 0.29) is 0 Å². The Balaban J connectivity index is 1.69. The number of aromatic nitrogens is 2. The van der Waals surface area contributed by atoms with E-state index < -0.39 is 0 Å². The molecule has 2 aromatic heterocycles. The van der Waals surface area contributed by atoms with Crippen molar-refractivity contribution in [3.05, 3.63) is 33.1 Å². The molecule has 0 amide bonds. The van der Waals surface area contributed by atoms with Gasteiger partial charge >= 0.3 is 0 Å². The number of hydrogen-bond acceptors (Lipinski definition) is 5. The third kappa shape index (κ3) is 3.30. The van der Waals surface area contributed by atoms with Gasteiger partial charge in [-0.2, -0.15) is 4.98 Å². The molecule has 0 aliphatic rings. The number of nitrogens with one attached hydrogen (secondary N) is 1. The quantitative estimate of drug-likeness (QED) is 0.836. The molecule has 0 bridgehead atoms. The zero-order valence-corrected chi connectivity index (χ0v) is 10.4. The van der Waals surface area contributed by atoms with E-state index >= 15 is 0 Å². The molecule has 4 nitrogen and oxygen atoms in total. The van der Waals surface area contributed by atoms with E-state index in [4.69, 9.17) is 16.1 Å². The minimum atomic E-state index is 0.611. The average molecular weight is 258 g/mol. The maximum Gasteiger partial charge on any atom is 0.223 e. The largest absolute Gasteiger partial charge is 0.340 e. The number of nitrogens with zero attached hydrogens (tertiary/aromatic N) is 2. The third-order valence-corrected chi connectivity index (χ3v) is 3.30. The highest BCUT2D eigenvalue weighted by atomic mass is 35.5. The van der Waals surface area contributed by atoms with Gasteiger partial charge in [0.15, 0.2) is 5.82 Å². The molecule has 2 heterocycles. The highest BCUT2D eigenvalue weighted by Crippen LogP contribution is 2.18. The maximum atomic E-state index is 5.82. The summed E-state index contributed by atoms with van der Waals surface area (Å²) < 4.78 is 4.88. The molecule has 2 rings (SSSR count). The fourth-order valence-corrected chi connectivity index (χ4v) is 2.34. The summed E-state index contributed by atoms with van der Waals surface area (Å²) in [6, 6.07) is 1.97. The van der Waals surface area contributed by atoms with Gasteiger partial charge < -0.3 is 9.84 Å². The zero-order chi connectivity index (χ0) is 11.4. The van der Waals surface area contributed by atoms with Crippen LogP contribution in [0.2, 0.25) is 5.02 Å². The van der Waals surface area contributed by atoms with E-state index in [1.807, 2.05) is 11.4 Å². The van der Waals surface area contributed by atoms with Crippen LogP contribution in [0.3, 0.4) is 0 Å². The molecule has 0 saturated carbocycles. The lowest BCUT2D eigenvalue weighted by molar-refractivity contribution is 0.387. The third-order valence-electron chi connectivity index (χ3n) is 2.02. The summed E-state index contributed by atoms with van der Waals surface area (Å²) in [6.07, 6.45) is 0.774. The first-order valence-corrected chi connectivity index (χ1v) is 6.22. The number of rotatable bonds is 5. The Morgan fingerprint density at radius 3 is 3.06 bits per heavy atom. The summed E-state index contributed by atoms with van der Waals surface area (Å²) in [5.74, 6) is 1.36. The molecular formula is C10H12ClN3OS. The summed E-state index contributed by atoms with van der Waals surface area (Å²) >= 11 is 7.48. The van der Waals surface area contributed by atoms with Crippen molar-refractivity contribution in [2.24, 2.45) is 0 Å². The van der Waals surface area contributed by atoms with Gasteiger partial charge in [-0.15, -0.1) is 11.3 Å². The number of aryl methyl sites for hydroxylation is 1. The summed E-state index contributed by atoms with van der Waals surface area (Å²) in [6.45, 7) is 3.44. The first-order chi connectivity index (χ1) is 7.74. The Hall–Kier alpha value is -0.910. The smallest absolute Gasteiger partial charge is 0.223 e. The van der Waals surface area contributed by atoms with Crippen molar-refractivity contribution in [3.63, 3.8) is 0 Å². The van der Waals surface area contributed by atoms with Crippen molar-refractivity contribution in [3.8, 4) is 0 Å². The average Bonchev–Trinajstić information content (AvgIpc) is 2.83. The molecule has 0 saturated heterocycles. The van der Waals surface area contributed by atoms with Crippen molar-refractivity contribution in [1.29, 1.82) is 0 Å². The van der Waals surface area contributed by atoms with E-state index in [2.05, 4.69) is 15.5 Å². The molecule has 86 valence electrons. The molecule has 0 aromatic carbocycles. The highest BCUT2D eigenvalue weighted by Gasteiger charge is 2.01. The van der Waals surface area contributed by atoms with Crippen LogP contribution >= 0.6 is 22.9 Å². The van der Waals surface area contributed by atoms with Gasteiger partial charge in [0.25, 0.3) is 0 Å². The second kappa shape index (κ2) is 5.43. The molecule has 16 heavy (non-hydrogen) atoms. The van der Waals surface area contributed by atoms with Crippen molar-refractivity contribution < 1.29 is 4.52 Å². The molecule has 0 fully saturated rings. The van der Waals surface area contributed by atoms with E-state index in [0.29, 0.717) is 5.89 Å². The Bertz CT molecular complexity index is 412. The van der Waals surface area contributed by atoms with E-state index in [0.717, 1.165) is 30.4 Å². The van der Waals surface area contributed by atoms with E-state index in [1.54, 1.807) is 18.3 Å². The fourth-order valence-electron chi connectivity index (χ4n) is 1.30. The SMILES string of the molecule is Cc1nc(CCNCc2cc(Cl)cs2)no1. The highest BCUT2D eigenvalue weighted by molar-refractivity contribution is 7.10. The first-order valence-electron chi connectivity index (χ1n) is 4.97. The van der Waals surface area contributed by atoms with Gasteiger partial charge in [-0.1, -0.05) is 16.8 Å². The lowest BCUT2D eigenvalue weighted by Gasteiger charge is -1.99. The lowest BCUT2D eigenvalue weighted by Crippen LogP contribution is -2.16. The lowest BCUT2D eigenvalue weighted by atomic mass is 10.4. The standard InChI is InChI=1S/C10H12ClN3OS/c1-7-13-10(14-15-7)2-3-12-5-9-4-8(11)6-16-9/h4,6,12H,2-3,5H2,1H3. The van der Waals surface area contributed by atoms with Crippen LogP contribution in [-0.2, 0) is 13.0 Å². The van der Waals surface area contributed by atoms with Gasteiger partial charge in [0.05, 0.1) is 5.02 Å². The molecule has 0 radical (unpaired) electrons. The Kier molecular flexibility index (Phi) is 3.93. The zero-order valence-electron chi connectivity index (χ0n) is 8.86. The Morgan fingerprint density at radius 1 is 1.56 bits per heavy atom. The van der Waals surface area contributed by atoms with Crippen LogP contribution in [0.4, 0.5) is 0 Å². The van der Waals surface area contributed by atoms with Crippen LogP contribution in [0.5, 0.6) is 0 Å². The number of thiophene rings is 1. The van der Waals surface area contributed by atoms with Crippen molar-refractivity contribution in [1.82, 2.24) is 15.5 Å². The fraction of sp³-hybridized carbons (Fsp3) is 0.400. The van der Waals surface area contributed by atoms with Crippen molar-refractivity contribution in [2.45, 2.75) is 19.9 Å². The Morgan fingerprint density at radius 2 is 2.44 bits per heavy atom. The number of hydrogen-bond donors (Lipinski definition) is 1. The molecule has 0 unspecified atom stereocenters.